The molecule has 3 heteroatoms. The molecule has 0 N–H and O–H groups in total. The van der Waals surface area contributed by atoms with Gasteiger partial charge in [0.2, 0.25) is 0 Å². The second-order valence-electron chi connectivity index (χ2n) is 7.40. The van der Waals surface area contributed by atoms with Crippen molar-refractivity contribution in [3.63, 3.8) is 0 Å². The number of hydrogen-bond donors (Lipinski definition) is 0. The van der Waals surface area contributed by atoms with Crippen LogP contribution < -0.4 is 4.74 Å². The van der Waals surface area contributed by atoms with E-state index in [2.05, 4.69) is 18.2 Å². The Morgan fingerprint density at radius 3 is 2.52 bits per heavy atom. The zero-order valence-electron chi connectivity index (χ0n) is 16.6. The zero-order valence-corrected chi connectivity index (χ0v) is 16.6. The Labute approximate surface area is 172 Å². The van der Waals surface area contributed by atoms with Gasteiger partial charge in [-0.15, -0.1) is 0 Å². The van der Waals surface area contributed by atoms with Gasteiger partial charge in [-0.2, -0.15) is 0 Å². The maximum absolute atomic E-state index is 12.5. The van der Waals surface area contributed by atoms with Gasteiger partial charge in [0.1, 0.15) is 5.75 Å². The first-order chi connectivity index (χ1) is 14.3. The van der Waals surface area contributed by atoms with Crippen LogP contribution in [0, 0.1) is 0 Å². The first-order valence-electron chi connectivity index (χ1n) is 10.4. The average molecular weight is 386 g/mol. The number of carbonyl (C=O) groups excluding carboxylic acids is 1. The molecule has 2 aliphatic rings. The summed E-state index contributed by atoms with van der Waals surface area (Å²) in [7, 11) is 0. The molecule has 1 unspecified atom stereocenters. The summed E-state index contributed by atoms with van der Waals surface area (Å²) in [6.07, 6.45) is 15.3. The number of hydrogen-bond acceptors (Lipinski definition) is 3. The third-order valence-electron chi connectivity index (χ3n) is 5.21. The van der Waals surface area contributed by atoms with Crippen molar-refractivity contribution < 1.29 is 14.3 Å². The standard InChI is InChI=1S/C26H26O3/c27-25(23-14-12-22(13-15-23)21-6-2-1-3-7-21)18-11-20-9-16-24(17-10-20)29-26-8-4-5-19-28-26/h2,6-7,9-18,26H,1,3-5,8,19H2/b18-11+. The SMILES string of the molecule is O=C(/C=C/c1ccc(OC2CCCCO2)cc1)c1ccc(C2=CCCC=C2)cc1. The van der Waals surface area contributed by atoms with Crippen molar-refractivity contribution in [3.05, 3.63) is 89.5 Å². The summed E-state index contributed by atoms with van der Waals surface area (Å²) in [5.74, 6) is 0.794. The molecule has 29 heavy (non-hydrogen) atoms. The van der Waals surface area contributed by atoms with E-state index >= 15 is 0 Å². The minimum Gasteiger partial charge on any atom is -0.465 e. The fraction of sp³-hybridized carbons (Fsp3) is 0.269. The van der Waals surface area contributed by atoms with Crippen LogP contribution in [0.15, 0.2) is 72.8 Å². The van der Waals surface area contributed by atoms with Gasteiger partial charge in [0.15, 0.2) is 12.1 Å². The molecule has 3 nitrogen and oxygen atoms in total. The zero-order chi connectivity index (χ0) is 19.9. The van der Waals surface area contributed by atoms with Gasteiger partial charge in [0.25, 0.3) is 0 Å². The third kappa shape index (κ3) is 5.33. The van der Waals surface area contributed by atoms with E-state index in [4.69, 9.17) is 9.47 Å². The van der Waals surface area contributed by atoms with Crippen molar-refractivity contribution in [2.45, 2.75) is 38.4 Å². The molecule has 2 aromatic rings. The highest BCUT2D eigenvalue weighted by Gasteiger charge is 2.14. The number of carbonyl (C=O) groups is 1. The Bertz CT molecular complexity index is 911. The van der Waals surface area contributed by atoms with E-state index in [9.17, 15) is 4.79 Å². The van der Waals surface area contributed by atoms with Gasteiger partial charge in [0.05, 0.1) is 6.61 Å². The Morgan fingerprint density at radius 1 is 1.00 bits per heavy atom. The van der Waals surface area contributed by atoms with Crippen molar-refractivity contribution in [3.8, 4) is 5.75 Å². The third-order valence-corrected chi connectivity index (χ3v) is 5.21. The highest BCUT2D eigenvalue weighted by Crippen LogP contribution is 2.22. The van der Waals surface area contributed by atoms with E-state index in [0.717, 1.165) is 55.6 Å². The van der Waals surface area contributed by atoms with E-state index < -0.39 is 0 Å². The normalized spacial score (nSPS) is 19.2. The molecule has 148 valence electrons. The van der Waals surface area contributed by atoms with Gasteiger partial charge in [-0.3, -0.25) is 4.79 Å². The van der Waals surface area contributed by atoms with Crippen LogP contribution in [0.25, 0.3) is 11.6 Å². The first-order valence-corrected chi connectivity index (χ1v) is 10.4. The molecule has 1 aliphatic carbocycles. The Balaban J connectivity index is 1.35. The quantitative estimate of drug-likeness (QED) is 0.437. The van der Waals surface area contributed by atoms with Crippen molar-refractivity contribution in [2.24, 2.45) is 0 Å². The second kappa shape index (κ2) is 9.53. The van der Waals surface area contributed by atoms with E-state index in [-0.39, 0.29) is 12.1 Å². The van der Waals surface area contributed by atoms with Crippen LogP contribution in [-0.4, -0.2) is 18.7 Å². The summed E-state index contributed by atoms with van der Waals surface area (Å²) in [6, 6.07) is 15.6. The Kier molecular flexibility index (Phi) is 6.38. The smallest absolute Gasteiger partial charge is 0.199 e. The molecule has 1 atom stereocenters. The summed E-state index contributed by atoms with van der Waals surface area (Å²) in [5, 5.41) is 0. The minimum absolute atomic E-state index is 0.000600. The Morgan fingerprint density at radius 2 is 1.83 bits per heavy atom. The molecule has 1 heterocycles. The summed E-state index contributed by atoms with van der Waals surface area (Å²) >= 11 is 0. The molecular weight excluding hydrogens is 360 g/mol. The van der Waals surface area contributed by atoms with Crippen LogP contribution in [0.5, 0.6) is 5.75 Å². The fourth-order valence-electron chi connectivity index (χ4n) is 3.54. The van der Waals surface area contributed by atoms with Crippen LogP contribution >= 0.6 is 0 Å². The molecule has 2 aromatic carbocycles. The second-order valence-corrected chi connectivity index (χ2v) is 7.40. The van der Waals surface area contributed by atoms with Crippen molar-refractivity contribution in [1.82, 2.24) is 0 Å². The van der Waals surface area contributed by atoms with Crippen molar-refractivity contribution >= 4 is 17.4 Å². The maximum Gasteiger partial charge on any atom is 0.199 e. The minimum atomic E-state index is -0.144. The molecular formula is C26H26O3. The predicted octanol–water partition coefficient (Wildman–Crippen LogP) is 6.22. The number of rotatable bonds is 6. The van der Waals surface area contributed by atoms with Gasteiger partial charge < -0.3 is 9.47 Å². The van der Waals surface area contributed by atoms with Gasteiger partial charge in [0, 0.05) is 12.0 Å². The molecule has 4 rings (SSSR count). The van der Waals surface area contributed by atoms with E-state index in [1.54, 1.807) is 6.08 Å². The molecule has 0 saturated carbocycles. The molecule has 0 aromatic heterocycles. The van der Waals surface area contributed by atoms with Crippen LogP contribution in [0.3, 0.4) is 0 Å². The van der Waals surface area contributed by atoms with Crippen molar-refractivity contribution in [2.75, 3.05) is 6.61 Å². The maximum atomic E-state index is 12.5. The molecule has 1 aliphatic heterocycles. The lowest BCUT2D eigenvalue weighted by Crippen LogP contribution is -2.24. The average Bonchev–Trinajstić information content (AvgIpc) is 2.80. The molecule has 1 saturated heterocycles. The van der Waals surface area contributed by atoms with E-state index in [1.807, 2.05) is 54.6 Å². The summed E-state index contributed by atoms with van der Waals surface area (Å²) in [5.41, 5.74) is 4.04. The molecule has 0 bridgehead atoms. The summed E-state index contributed by atoms with van der Waals surface area (Å²) in [6.45, 7) is 0.767. The lowest BCUT2D eigenvalue weighted by Gasteiger charge is -2.23. The molecule has 1 fully saturated rings. The van der Waals surface area contributed by atoms with Crippen molar-refractivity contribution in [1.29, 1.82) is 0 Å². The van der Waals surface area contributed by atoms with Crippen LogP contribution in [-0.2, 0) is 4.74 Å². The first kappa shape index (κ1) is 19.4. The van der Waals surface area contributed by atoms with E-state index in [1.165, 1.54) is 5.57 Å². The monoisotopic (exact) mass is 386 g/mol. The van der Waals surface area contributed by atoms with Gasteiger partial charge in [-0.25, -0.2) is 0 Å². The van der Waals surface area contributed by atoms with Gasteiger partial charge in [-0.05, 0) is 60.6 Å². The number of ketones is 1. The predicted molar refractivity (Wildman–Crippen MR) is 117 cm³/mol. The largest absolute Gasteiger partial charge is 0.465 e. The highest BCUT2D eigenvalue weighted by atomic mass is 16.7. The number of ether oxygens (including phenoxy) is 2. The number of allylic oxidation sites excluding steroid dienone is 5. The lowest BCUT2D eigenvalue weighted by molar-refractivity contribution is -0.105. The van der Waals surface area contributed by atoms with Crippen LogP contribution in [0.2, 0.25) is 0 Å². The van der Waals surface area contributed by atoms with Crippen LogP contribution in [0.4, 0.5) is 0 Å². The highest BCUT2D eigenvalue weighted by molar-refractivity contribution is 6.07. The Hall–Kier alpha value is -2.91. The fourth-order valence-corrected chi connectivity index (χ4v) is 3.54. The lowest BCUT2D eigenvalue weighted by atomic mass is 9.98. The van der Waals surface area contributed by atoms with Crippen LogP contribution in [0.1, 0.15) is 53.6 Å². The summed E-state index contributed by atoms with van der Waals surface area (Å²) in [4.78, 5) is 12.5. The number of benzene rings is 2. The van der Waals surface area contributed by atoms with Gasteiger partial charge >= 0.3 is 0 Å². The molecule has 0 radical (unpaired) electrons. The molecule has 0 amide bonds. The molecule has 0 spiro atoms. The van der Waals surface area contributed by atoms with E-state index in [0.29, 0.717) is 5.56 Å². The van der Waals surface area contributed by atoms with Gasteiger partial charge in [-0.1, -0.05) is 60.7 Å². The summed E-state index contributed by atoms with van der Waals surface area (Å²) < 4.78 is 11.4. The topological polar surface area (TPSA) is 35.5 Å².